The Bertz CT molecular complexity index is 1800. The maximum Gasteiger partial charge on any atom is 0.190 e. The maximum absolute atomic E-state index is 13.2. The van der Waals surface area contributed by atoms with Crippen LogP contribution in [0.2, 0.25) is 0 Å². The van der Waals surface area contributed by atoms with Gasteiger partial charge in [-0.2, -0.15) is 0 Å². The van der Waals surface area contributed by atoms with Crippen LogP contribution >= 0.6 is 0 Å². The van der Waals surface area contributed by atoms with Crippen molar-refractivity contribution in [3.63, 3.8) is 0 Å². The van der Waals surface area contributed by atoms with Crippen molar-refractivity contribution in [1.29, 1.82) is 0 Å². The van der Waals surface area contributed by atoms with Crippen LogP contribution in [-0.4, -0.2) is 21.9 Å². The molecule has 5 nitrogen and oxygen atoms in total. The molecule has 6 rings (SSSR count). The second-order valence-electron chi connectivity index (χ2n) is 12.8. The van der Waals surface area contributed by atoms with Crippen molar-refractivity contribution in [3.05, 3.63) is 148 Å². The first kappa shape index (κ1) is 30.5. The number of nitrogens with zero attached hydrogens (tertiary/aromatic N) is 2. The molecule has 0 amide bonds. The van der Waals surface area contributed by atoms with Gasteiger partial charge in [-0.05, 0) is 98.7 Å². The van der Waals surface area contributed by atoms with E-state index >= 15 is 0 Å². The van der Waals surface area contributed by atoms with Crippen LogP contribution in [0, 0.1) is 6.92 Å². The molecule has 0 radical (unpaired) electrons. The lowest BCUT2D eigenvalue weighted by Crippen LogP contribution is -2.34. The summed E-state index contributed by atoms with van der Waals surface area (Å²) in [5, 5.41) is 9.66. The summed E-state index contributed by atoms with van der Waals surface area (Å²) in [5.41, 5.74) is 8.75. The fourth-order valence-electron chi connectivity index (χ4n) is 7.00. The molecule has 1 N–H and O–H groups in total. The highest BCUT2D eigenvalue weighted by Gasteiger charge is 2.46. The second kappa shape index (κ2) is 12.5. The zero-order valence-electron chi connectivity index (χ0n) is 26.7. The van der Waals surface area contributed by atoms with Crippen LogP contribution in [0.1, 0.15) is 90.2 Å². The number of aliphatic hydroxyl groups is 1. The molecule has 5 heteroatoms. The fraction of sp³-hybridized carbons (Fsp3) is 0.300. The standard InChI is InChI=1S/C40H42N2O3/c1-6-7-12-28-22-30(17-16-26(28)2)42(29-13-9-8-10-14-29)31-18-19-33-35(23-31)40(4,5)36-24-32(45-39(33)36)21-27(3)38(44)34-15-11-20-41-37(34)25-43/h6,8-11,13,15-18,20-24,29,33,43H,1,7,12,14,19,25H2,2-5H3/b27-21-. The summed E-state index contributed by atoms with van der Waals surface area (Å²) in [5.74, 6) is 1.65. The monoisotopic (exact) mass is 598 g/mol. The number of furan rings is 1. The predicted molar refractivity (Wildman–Crippen MR) is 182 cm³/mol. The van der Waals surface area contributed by atoms with Gasteiger partial charge in [-0.25, -0.2) is 0 Å². The third-order valence-electron chi connectivity index (χ3n) is 9.53. The lowest BCUT2D eigenvalue weighted by molar-refractivity contribution is 0.103. The van der Waals surface area contributed by atoms with Gasteiger partial charge >= 0.3 is 0 Å². The van der Waals surface area contributed by atoms with E-state index in [1.54, 1.807) is 25.3 Å². The maximum atomic E-state index is 13.2. The topological polar surface area (TPSA) is 66.6 Å². The number of ketones is 1. The molecule has 0 aliphatic heterocycles. The van der Waals surface area contributed by atoms with Crippen molar-refractivity contribution in [2.45, 2.75) is 77.4 Å². The Morgan fingerprint density at radius 1 is 1.20 bits per heavy atom. The Morgan fingerprint density at radius 2 is 2.04 bits per heavy atom. The molecule has 3 aliphatic rings. The number of carbonyl (C=O) groups is 1. The van der Waals surface area contributed by atoms with Gasteiger partial charge in [-0.3, -0.25) is 9.78 Å². The number of benzene rings is 1. The quantitative estimate of drug-likeness (QED) is 0.143. The van der Waals surface area contributed by atoms with Gasteiger partial charge in [0.15, 0.2) is 5.78 Å². The normalized spacial score (nSPS) is 19.9. The molecule has 0 saturated carbocycles. The number of rotatable bonds is 10. The van der Waals surface area contributed by atoms with E-state index in [2.05, 4.69) is 98.0 Å². The molecule has 0 fully saturated rings. The summed E-state index contributed by atoms with van der Waals surface area (Å²) in [7, 11) is 0. The third-order valence-corrected chi connectivity index (χ3v) is 9.53. The largest absolute Gasteiger partial charge is 0.461 e. The summed E-state index contributed by atoms with van der Waals surface area (Å²) < 4.78 is 6.50. The van der Waals surface area contributed by atoms with Crippen LogP contribution in [0.3, 0.4) is 0 Å². The second-order valence-corrected chi connectivity index (χ2v) is 12.8. The highest BCUT2D eigenvalue weighted by atomic mass is 16.3. The smallest absolute Gasteiger partial charge is 0.190 e. The molecule has 1 aromatic carbocycles. The van der Waals surface area contributed by atoms with Gasteiger partial charge in [-0.15, -0.1) is 6.58 Å². The number of aryl methyl sites for hydroxylation is 2. The van der Waals surface area contributed by atoms with Gasteiger partial charge in [0.05, 0.1) is 18.3 Å². The summed E-state index contributed by atoms with van der Waals surface area (Å²) in [6.07, 6.45) is 22.7. The number of Topliss-reactive ketones (excluding diaryl/α,β-unsaturated/α-hetero) is 1. The molecular weight excluding hydrogens is 556 g/mol. The Kier molecular flexibility index (Phi) is 8.48. The first-order chi connectivity index (χ1) is 21.7. The van der Waals surface area contributed by atoms with Crippen molar-refractivity contribution in [1.82, 2.24) is 4.98 Å². The van der Waals surface area contributed by atoms with Crippen molar-refractivity contribution in [2.24, 2.45) is 0 Å². The van der Waals surface area contributed by atoms with Crippen LogP contribution in [0.25, 0.3) is 6.08 Å². The van der Waals surface area contributed by atoms with Crippen LogP contribution in [-0.2, 0) is 18.4 Å². The Balaban J connectivity index is 1.32. The van der Waals surface area contributed by atoms with Crippen molar-refractivity contribution in [2.75, 3.05) is 4.90 Å². The van der Waals surface area contributed by atoms with Gasteiger partial charge < -0.3 is 14.4 Å². The first-order valence-corrected chi connectivity index (χ1v) is 15.9. The Hall–Kier alpha value is -4.48. The highest BCUT2D eigenvalue weighted by molar-refractivity contribution is 6.11. The molecule has 0 spiro atoms. The average Bonchev–Trinajstić information content (AvgIpc) is 3.57. The summed E-state index contributed by atoms with van der Waals surface area (Å²) in [4.78, 5) is 19.9. The number of pyridine rings is 1. The number of carbonyl (C=O) groups excluding carboxylic acids is 1. The minimum absolute atomic E-state index is 0.154. The van der Waals surface area contributed by atoms with Gasteiger partial charge in [0.2, 0.25) is 0 Å². The van der Waals surface area contributed by atoms with E-state index in [0.717, 1.165) is 31.4 Å². The molecular formula is C40H42N2O3. The molecule has 2 heterocycles. The molecule has 3 aliphatic carbocycles. The lowest BCUT2D eigenvalue weighted by atomic mass is 9.78. The molecule has 3 aromatic rings. The molecule has 2 atom stereocenters. The van der Waals surface area contributed by atoms with Crippen LogP contribution < -0.4 is 4.90 Å². The van der Waals surface area contributed by atoms with Crippen molar-refractivity contribution >= 4 is 17.5 Å². The first-order valence-electron chi connectivity index (χ1n) is 15.9. The number of allylic oxidation sites excluding steroid dienone is 7. The minimum Gasteiger partial charge on any atom is -0.461 e. The predicted octanol–water partition coefficient (Wildman–Crippen LogP) is 8.86. The van der Waals surface area contributed by atoms with E-state index in [1.165, 1.54) is 33.6 Å². The van der Waals surface area contributed by atoms with E-state index in [4.69, 9.17) is 4.42 Å². The van der Waals surface area contributed by atoms with Crippen molar-refractivity contribution in [3.8, 4) is 0 Å². The number of hydrogen-bond acceptors (Lipinski definition) is 5. The van der Waals surface area contributed by atoms with Crippen LogP contribution in [0.4, 0.5) is 5.69 Å². The van der Waals surface area contributed by atoms with Crippen LogP contribution in [0.5, 0.6) is 0 Å². The van der Waals surface area contributed by atoms with Gasteiger partial charge in [0.1, 0.15) is 11.5 Å². The molecule has 0 saturated heterocycles. The zero-order valence-corrected chi connectivity index (χ0v) is 26.7. The number of aliphatic hydroxyl groups excluding tert-OH is 1. The van der Waals surface area contributed by atoms with E-state index in [1.807, 2.05) is 12.2 Å². The minimum atomic E-state index is -0.281. The number of fused-ring (bicyclic) bond motifs is 3. The number of aromatic nitrogens is 1. The molecule has 230 valence electrons. The summed E-state index contributed by atoms with van der Waals surface area (Å²) in [6.45, 7) is 12.2. The Labute approximate surface area is 266 Å². The molecule has 45 heavy (non-hydrogen) atoms. The fourth-order valence-corrected chi connectivity index (χ4v) is 7.00. The lowest BCUT2D eigenvalue weighted by Gasteiger charge is -2.37. The van der Waals surface area contributed by atoms with E-state index < -0.39 is 0 Å². The highest BCUT2D eigenvalue weighted by Crippen LogP contribution is 2.55. The zero-order chi connectivity index (χ0) is 31.7. The molecule has 0 bridgehead atoms. The number of hydrogen-bond donors (Lipinski definition) is 1. The SMILES string of the molecule is C=CCCc1cc(N(C2=CCC3C(=C2)C(C)(C)c2cc(/C=C(/C)C(=O)c4cccnc4CO)oc23)C2C=CC=CC2)ccc1C. The third kappa shape index (κ3) is 5.73. The number of anilines is 1. The van der Waals surface area contributed by atoms with Gasteiger partial charge in [-0.1, -0.05) is 56.4 Å². The molecule has 2 unspecified atom stereocenters. The summed E-state index contributed by atoms with van der Waals surface area (Å²) in [6, 6.07) is 12.6. The molecule has 2 aromatic heterocycles. The summed E-state index contributed by atoms with van der Waals surface area (Å²) >= 11 is 0. The van der Waals surface area contributed by atoms with E-state index in [-0.39, 0.29) is 29.8 Å². The van der Waals surface area contributed by atoms with Crippen molar-refractivity contribution < 1.29 is 14.3 Å². The van der Waals surface area contributed by atoms with E-state index in [0.29, 0.717) is 22.6 Å². The van der Waals surface area contributed by atoms with E-state index in [9.17, 15) is 9.90 Å². The van der Waals surface area contributed by atoms with Gasteiger partial charge in [0.25, 0.3) is 0 Å². The Morgan fingerprint density at radius 3 is 2.80 bits per heavy atom. The average molecular weight is 599 g/mol. The van der Waals surface area contributed by atoms with Gasteiger partial charge in [0, 0.05) is 45.6 Å². The van der Waals surface area contributed by atoms with Crippen LogP contribution in [0.15, 0.2) is 113 Å².